The summed E-state index contributed by atoms with van der Waals surface area (Å²) in [5.74, 6) is 0. The summed E-state index contributed by atoms with van der Waals surface area (Å²) in [6.07, 6.45) is 9.66. The van der Waals surface area contributed by atoms with Crippen LogP contribution in [0.25, 0.3) is 0 Å². The van der Waals surface area contributed by atoms with Gasteiger partial charge in [0.05, 0.1) is 0 Å². The van der Waals surface area contributed by atoms with Crippen LogP contribution in [0.3, 0.4) is 0 Å². The molecule has 0 unspecified atom stereocenters. The van der Waals surface area contributed by atoms with Gasteiger partial charge in [-0.1, -0.05) is 13.3 Å². The molecule has 2 heterocycles. The zero-order valence-corrected chi connectivity index (χ0v) is 10.6. The lowest BCUT2D eigenvalue weighted by atomic mass is 10.3. The number of aromatic nitrogens is 1. The number of nitrogens with zero attached hydrogens (tertiary/aromatic N) is 2. The first kappa shape index (κ1) is 15.9. The summed E-state index contributed by atoms with van der Waals surface area (Å²) in [6, 6.07) is 4.50. The van der Waals surface area contributed by atoms with E-state index >= 15 is 0 Å². The highest BCUT2D eigenvalue weighted by Crippen LogP contribution is 2.17. The van der Waals surface area contributed by atoms with Gasteiger partial charge >= 0.3 is 0 Å². The highest BCUT2D eigenvalue weighted by Gasteiger charge is 2.12. The van der Waals surface area contributed by atoms with E-state index in [9.17, 15) is 0 Å². The quantitative estimate of drug-likeness (QED) is 0.746. The second-order valence-corrected chi connectivity index (χ2v) is 4.34. The average Bonchev–Trinajstić information content (AvgIpc) is 2.80. The molecule has 3 N–H and O–H groups in total. The van der Waals surface area contributed by atoms with Crippen LogP contribution in [0.5, 0.6) is 0 Å². The molecule has 98 valence electrons. The van der Waals surface area contributed by atoms with Crippen LogP contribution < -0.4 is 9.47 Å². The van der Waals surface area contributed by atoms with E-state index in [-0.39, 0.29) is 11.0 Å². The van der Waals surface area contributed by atoms with Gasteiger partial charge in [0.15, 0.2) is 12.4 Å². The normalized spacial score (nSPS) is 14.1. The van der Waals surface area contributed by atoms with E-state index in [1.165, 1.54) is 44.5 Å². The summed E-state index contributed by atoms with van der Waals surface area (Å²) in [7, 11) is 0. The van der Waals surface area contributed by atoms with Crippen molar-refractivity contribution in [2.75, 3.05) is 18.0 Å². The molecule has 0 saturated carbocycles. The van der Waals surface area contributed by atoms with E-state index < -0.39 is 0 Å². The largest absolute Gasteiger partial charge is 0.870 e. The van der Waals surface area contributed by atoms with Crippen LogP contribution in [-0.4, -0.2) is 24.0 Å². The zero-order chi connectivity index (χ0) is 10.5. The molecule has 1 aliphatic heterocycles. The number of unbranched alkanes of at least 4 members (excludes halogenated alkanes) is 1. The van der Waals surface area contributed by atoms with Gasteiger partial charge in [0.2, 0.25) is 0 Å². The van der Waals surface area contributed by atoms with E-state index in [2.05, 4.69) is 40.9 Å². The van der Waals surface area contributed by atoms with Crippen molar-refractivity contribution < 1.29 is 15.5 Å². The Kier molecular flexibility index (Phi) is 7.50. The van der Waals surface area contributed by atoms with Crippen molar-refractivity contribution in [3.05, 3.63) is 24.5 Å². The molecule has 1 aromatic heterocycles. The Morgan fingerprint density at radius 3 is 2.29 bits per heavy atom. The van der Waals surface area contributed by atoms with Gasteiger partial charge in [-0.3, -0.25) is 0 Å². The monoisotopic (exact) mass is 240 g/mol. The highest BCUT2D eigenvalue weighted by molar-refractivity contribution is 5.44. The van der Waals surface area contributed by atoms with Crippen molar-refractivity contribution in [3.8, 4) is 0 Å². The fourth-order valence-corrected chi connectivity index (χ4v) is 2.13. The van der Waals surface area contributed by atoms with Crippen LogP contribution in [0.1, 0.15) is 32.6 Å². The summed E-state index contributed by atoms with van der Waals surface area (Å²) in [5.41, 5.74) is 1.39. The van der Waals surface area contributed by atoms with Crippen molar-refractivity contribution in [1.29, 1.82) is 0 Å². The van der Waals surface area contributed by atoms with Gasteiger partial charge in [0.1, 0.15) is 6.54 Å². The first-order chi connectivity index (χ1) is 7.40. The molecule has 4 heteroatoms. The molecule has 1 fully saturated rings. The van der Waals surface area contributed by atoms with E-state index in [0.717, 1.165) is 6.54 Å². The third kappa shape index (κ3) is 4.32. The summed E-state index contributed by atoms with van der Waals surface area (Å²) in [6.45, 7) is 5.86. The van der Waals surface area contributed by atoms with E-state index in [4.69, 9.17) is 0 Å². The molecule has 0 bridgehead atoms. The Labute approximate surface area is 103 Å². The Balaban J connectivity index is 0.00000128. The smallest absolute Gasteiger partial charge is 0.170 e. The number of aryl methyl sites for hydroxylation is 1. The minimum Gasteiger partial charge on any atom is -0.870 e. The van der Waals surface area contributed by atoms with E-state index in [1.807, 2.05) is 0 Å². The molecule has 0 radical (unpaired) electrons. The lowest BCUT2D eigenvalue weighted by Crippen LogP contribution is -2.33. The van der Waals surface area contributed by atoms with Gasteiger partial charge in [-0.05, 0) is 12.8 Å². The van der Waals surface area contributed by atoms with Crippen molar-refractivity contribution in [2.45, 2.75) is 39.2 Å². The van der Waals surface area contributed by atoms with Crippen LogP contribution in [0.15, 0.2) is 24.5 Å². The summed E-state index contributed by atoms with van der Waals surface area (Å²) in [4.78, 5) is 2.48. The van der Waals surface area contributed by atoms with Crippen LogP contribution in [-0.2, 0) is 6.54 Å². The van der Waals surface area contributed by atoms with Crippen LogP contribution >= 0.6 is 0 Å². The lowest BCUT2D eigenvalue weighted by molar-refractivity contribution is -0.697. The minimum atomic E-state index is 0. The number of rotatable bonds is 4. The van der Waals surface area contributed by atoms with Gasteiger partial charge in [-0.2, -0.15) is 0 Å². The Morgan fingerprint density at radius 1 is 1.18 bits per heavy atom. The zero-order valence-electron chi connectivity index (χ0n) is 10.6. The van der Waals surface area contributed by atoms with Gasteiger partial charge in [0, 0.05) is 37.3 Å². The molecule has 0 aromatic carbocycles. The maximum Gasteiger partial charge on any atom is 0.170 e. The molecule has 1 aliphatic rings. The van der Waals surface area contributed by atoms with Gasteiger partial charge < -0.3 is 15.9 Å². The number of hydrogen-bond donors (Lipinski definition) is 0. The van der Waals surface area contributed by atoms with Crippen molar-refractivity contribution in [2.24, 2.45) is 0 Å². The molecular weight excluding hydrogens is 216 g/mol. The summed E-state index contributed by atoms with van der Waals surface area (Å²) < 4.78 is 2.28. The molecule has 0 amide bonds. The molecule has 1 aromatic rings. The van der Waals surface area contributed by atoms with Crippen molar-refractivity contribution in [3.63, 3.8) is 0 Å². The molecule has 4 nitrogen and oxygen atoms in total. The number of hydrogen-bond acceptors (Lipinski definition) is 2. The predicted octanol–water partition coefficient (Wildman–Crippen LogP) is 1.37. The average molecular weight is 240 g/mol. The van der Waals surface area contributed by atoms with Gasteiger partial charge in [0.25, 0.3) is 0 Å². The first-order valence-electron chi connectivity index (χ1n) is 6.14. The second kappa shape index (κ2) is 8.03. The molecular formula is C13H24N2O2. The molecule has 0 atom stereocenters. The Hall–Kier alpha value is -1.13. The number of anilines is 1. The molecule has 0 aliphatic carbocycles. The Morgan fingerprint density at radius 2 is 1.76 bits per heavy atom. The molecule has 1 saturated heterocycles. The minimum absolute atomic E-state index is 0. The standard InChI is InChI=1S/C13H21N2.2H2O/c1-2-3-8-14-11-6-13(7-12-14)15-9-4-5-10-15;;/h6-7,11-12H,2-5,8-10H2,1H3;2*1H2/q+1;;/p-1. The van der Waals surface area contributed by atoms with Crippen molar-refractivity contribution >= 4 is 5.69 Å². The second-order valence-electron chi connectivity index (χ2n) is 4.34. The fourth-order valence-electron chi connectivity index (χ4n) is 2.13. The van der Waals surface area contributed by atoms with Crippen molar-refractivity contribution in [1.82, 2.24) is 0 Å². The van der Waals surface area contributed by atoms with Crippen LogP contribution in [0.2, 0.25) is 0 Å². The SMILES string of the molecule is CCCC[n+]1ccc(N2CCCC2)cc1.O.[OH-]. The molecule has 0 spiro atoms. The maximum absolute atomic E-state index is 2.48. The molecule has 17 heavy (non-hydrogen) atoms. The third-order valence-electron chi connectivity index (χ3n) is 3.11. The topological polar surface area (TPSA) is 68.6 Å². The summed E-state index contributed by atoms with van der Waals surface area (Å²) in [5, 5.41) is 0. The lowest BCUT2D eigenvalue weighted by Gasteiger charge is -2.16. The van der Waals surface area contributed by atoms with Gasteiger partial charge in [-0.15, -0.1) is 0 Å². The van der Waals surface area contributed by atoms with E-state index in [1.54, 1.807) is 0 Å². The van der Waals surface area contributed by atoms with E-state index in [0.29, 0.717) is 0 Å². The maximum atomic E-state index is 2.48. The molecule has 2 rings (SSSR count). The highest BCUT2D eigenvalue weighted by atomic mass is 16.0. The van der Waals surface area contributed by atoms with Crippen LogP contribution in [0.4, 0.5) is 5.69 Å². The third-order valence-corrected chi connectivity index (χ3v) is 3.11. The Bertz CT molecular complexity index is 295. The fraction of sp³-hybridized carbons (Fsp3) is 0.615. The predicted molar refractivity (Wildman–Crippen MR) is 68.5 cm³/mol. The summed E-state index contributed by atoms with van der Waals surface area (Å²) >= 11 is 0. The van der Waals surface area contributed by atoms with Crippen LogP contribution in [0, 0.1) is 0 Å². The number of pyridine rings is 1. The first-order valence-corrected chi connectivity index (χ1v) is 6.14. The van der Waals surface area contributed by atoms with Gasteiger partial charge in [-0.25, -0.2) is 4.57 Å².